The minimum absolute atomic E-state index is 0.531. The number of phosphoric acid groups is 1. The highest BCUT2D eigenvalue weighted by Crippen LogP contribution is 2.52. The minimum Gasteiger partial charge on any atom is -0.395 e. The topological polar surface area (TPSA) is 44.8 Å². The number of benzene rings is 2. The second-order valence-corrected chi connectivity index (χ2v) is 9.55. The lowest BCUT2D eigenvalue weighted by Gasteiger charge is -2.20. The highest BCUT2D eigenvalue weighted by molar-refractivity contribution is 14.1. The Morgan fingerprint density at radius 1 is 0.692 bits per heavy atom. The molecule has 26 heavy (non-hydrogen) atoms. The summed E-state index contributed by atoms with van der Waals surface area (Å²) in [6, 6.07) is 11.7. The summed E-state index contributed by atoms with van der Waals surface area (Å²) < 4.78 is 29.4. The van der Waals surface area contributed by atoms with Gasteiger partial charge in [-0.3, -0.25) is 0 Å². The molecule has 4 rings (SSSR count). The van der Waals surface area contributed by atoms with E-state index in [9.17, 15) is 4.57 Å². The van der Waals surface area contributed by atoms with Crippen molar-refractivity contribution < 1.29 is 16.5 Å². The molecule has 0 heterocycles. The number of aryl methyl sites for hydroxylation is 4. The quantitative estimate of drug-likeness (QED) is 0.365. The van der Waals surface area contributed by atoms with Gasteiger partial charge in [0.2, 0.25) is 0 Å². The van der Waals surface area contributed by atoms with Crippen LogP contribution in [0.2, 0.25) is 0 Å². The predicted molar refractivity (Wildman–Crippen MR) is 110 cm³/mol. The van der Waals surface area contributed by atoms with Gasteiger partial charge in [-0.15, -0.1) is 0 Å². The molecule has 6 heteroatoms. The largest absolute Gasteiger partial charge is 0.597 e. The molecule has 4 nitrogen and oxygen atoms in total. The van der Waals surface area contributed by atoms with Crippen molar-refractivity contribution in [2.75, 3.05) is 0 Å². The number of hydrogen-bond donors (Lipinski definition) is 0. The second kappa shape index (κ2) is 7.91. The Balaban J connectivity index is 1.53. The van der Waals surface area contributed by atoms with Crippen LogP contribution < -0.4 is 9.05 Å². The van der Waals surface area contributed by atoms with Crippen LogP contribution in [0.1, 0.15) is 47.9 Å². The van der Waals surface area contributed by atoms with Crippen molar-refractivity contribution in [2.24, 2.45) is 0 Å². The van der Waals surface area contributed by atoms with E-state index in [0.29, 0.717) is 11.5 Å². The van der Waals surface area contributed by atoms with Crippen LogP contribution in [0.15, 0.2) is 36.4 Å². The van der Waals surface area contributed by atoms with Crippen molar-refractivity contribution in [3.63, 3.8) is 0 Å². The molecule has 0 spiro atoms. The molecule has 0 unspecified atom stereocenters. The van der Waals surface area contributed by atoms with E-state index in [4.69, 9.17) is 11.9 Å². The van der Waals surface area contributed by atoms with Gasteiger partial charge in [0.1, 0.15) is 34.5 Å². The first-order chi connectivity index (χ1) is 12.6. The Morgan fingerprint density at radius 2 is 1.12 bits per heavy atom. The van der Waals surface area contributed by atoms with Crippen molar-refractivity contribution in [2.45, 2.75) is 51.4 Å². The molecule has 0 amide bonds. The molecule has 138 valence electrons. The van der Waals surface area contributed by atoms with Gasteiger partial charge in [0.15, 0.2) is 0 Å². The van der Waals surface area contributed by atoms with Crippen LogP contribution in [0.25, 0.3) is 0 Å². The molecular weight excluding hydrogens is 462 g/mol. The predicted octanol–water partition coefficient (Wildman–Crippen LogP) is 6.38. The average molecular weight is 484 g/mol. The molecule has 2 aliphatic rings. The zero-order chi connectivity index (χ0) is 18.0. The fraction of sp³-hybridized carbons (Fsp3) is 0.400. The van der Waals surface area contributed by atoms with Gasteiger partial charge in [0.25, 0.3) is 0 Å². The maximum atomic E-state index is 13.0. The van der Waals surface area contributed by atoms with E-state index >= 15 is 0 Å². The average Bonchev–Trinajstić information content (AvgIpc) is 2.68. The zero-order valence-electron chi connectivity index (χ0n) is 14.6. The van der Waals surface area contributed by atoms with E-state index in [0.717, 1.165) is 25.7 Å². The molecule has 0 saturated heterocycles. The van der Waals surface area contributed by atoms with Crippen molar-refractivity contribution in [1.82, 2.24) is 0 Å². The monoisotopic (exact) mass is 484 g/mol. The third-order valence-corrected chi connectivity index (χ3v) is 7.64. The van der Waals surface area contributed by atoms with Gasteiger partial charge >= 0.3 is 7.82 Å². The third kappa shape index (κ3) is 4.10. The summed E-state index contributed by atoms with van der Waals surface area (Å²) in [6.45, 7) is 0. The Kier molecular flexibility index (Phi) is 5.58. The fourth-order valence-corrected chi connectivity index (χ4v) is 5.16. The lowest BCUT2D eigenvalue weighted by molar-refractivity contribution is 0.325. The van der Waals surface area contributed by atoms with Crippen LogP contribution >= 0.6 is 30.8 Å². The maximum absolute atomic E-state index is 13.0. The molecule has 0 fully saturated rings. The highest BCUT2D eigenvalue weighted by Gasteiger charge is 2.31. The molecule has 0 aromatic heterocycles. The smallest absolute Gasteiger partial charge is 0.395 e. The molecule has 0 N–H and O–H groups in total. The summed E-state index contributed by atoms with van der Waals surface area (Å²) in [4.78, 5) is 0. The molecule has 0 bridgehead atoms. The molecule has 2 aromatic rings. The Morgan fingerprint density at radius 3 is 1.54 bits per heavy atom. The standard InChI is InChI=1S/C20H22IO4P/c21-25-26(22,23-19-11-9-15-5-1-3-7-17(15)13-19)24-20-12-10-16-6-2-4-8-18(16)14-20/h9-14H,1-8H2. The first kappa shape index (κ1) is 18.3. The summed E-state index contributed by atoms with van der Waals surface area (Å²) in [5.74, 6) is 1.06. The van der Waals surface area contributed by atoms with Crippen molar-refractivity contribution in [3.05, 3.63) is 58.7 Å². The van der Waals surface area contributed by atoms with E-state index in [1.807, 2.05) is 24.3 Å². The van der Waals surface area contributed by atoms with Crippen LogP contribution in [0.4, 0.5) is 0 Å². The number of phosphoric ester groups is 1. The van der Waals surface area contributed by atoms with E-state index in [1.54, 1.807) is 23.0 Å². The summed E-state index contributed by atoms with van der Waals surface area (Å²) in [5.41, 5.74) is 5.24. The third-order valence-electron chi connectivity index (χ3n) is 5.16. The fourth-order valence-electron chi connectivity index (χ4n) is 3.84. The van der Waals surface area contributed by atoms with Gasteiger partial charge in [-0.1, -0.05) is 12.1 Å². The molecular formula is C20H22IO4P. The van der Waals surface area contributed by atoms with E-state index in [2.05, 4.69) is 12.1 Å². The summed E-state index contributed by atoms with van der Waals surface area (Å²) in [5, 5.41) is 0. The van der Waals surface area contributed by atoms with Gasteiger partial charge in [0.05, 0.1) is 0 Å². The molecule has 2 aromatic carbocycles. The van der Waals surface area contributed by atoms with E-state index < -0.39 is 7.82 Å². The van der Waals surface area contributed by atoms with Gasteiger partial charge in [-0.25, -0.2) is 4.57 Å². The van der Waals surface area contributed by atoms with Crippen LogP contribution in [0, 0.1) is 0 Å². The van der Waals surface area contributed by atoms with Gasteiger partial charge in [-0.05, 0) is 97.9 Å². The minimum atomic E-state index is -3.73. The number of hydrogen-bond acceptors (Lipinski definition) is 4. The van der Waals surface area contributed by atoms with Crippen LogP contribution in [-0.2, 0) is 33.1 Å². The Labute approximate surface area is 168 Å². The second-order valence-electron chi connectivity index (χ2n) is 6.97. The molecule has 2 aliphatic carbocycles. The number of rotatable bonds is 5. The van der Waals surface area contributed by atoms with Gasteiger partial charge in [0, 0.05) is 0 Å². The van der Waals surface area contributed by atoms with Crippen LogP contribution in [0.5, 0.6) is 11.5 Å². The Hall–Kier alpha value is -1.04. The van der Waals surface area contributed by atoms with Gasteiger partial charge in [-0.2, -0.15) is 2.85 Å². The lowest BCUT2D eigenvalue weighted by atomic mass is 9.92. The Bertz CT molecular complexity index is 786. The number of fused-ring (bicyclic) bond motifs is 2. The van der Waals surface area contributed by atoms with Crippen molar-refractivity contribution in [3.8, 4) is 11.5 Å². The summed E-state index contributed by atoms with van der Waals surface area (Å²) in [6.07, 6.45) is 9.09. The first-order valence-corrected chi connectivity index (χ1v) is 11.5. The normalized spacial score (nSPS) is 16.5. The summed E-state index contributed by atoms with van der Waals surface area (Å²) >= 11 is 1.59. The first-order valence-electron chi connectivity index (χ1n) is 9.18. The number of halogens is 1. The van der Waals surface area contributed by atoms with E-state index in [-0.39, 0.29) is 0 Å². The van der Waals surface area contributed by atoms with Crippen molar-refractivity contribution >= 4 is 30.8 Å². The SMILES string of the molecule is O=P(OI)(Oc1ccc2c(c1)CCCC2)Oc1ccc2c(c1)CCCC2. The molecule has 0 aliphatic heterocycles. The molecule has 0 radical (unpaired) electrons. The van der Waals surface area contributed by atoms with Crippen LogP contribution in [-0.4, -0.2) is 0 Å². The molecule has 0 atom stereocenters. The zero-order valence-corrected chi connectivity index (χ0v) is 17.6. The maximum Gasteiger partial charge on any atom is 0.597 e. The molecule has 0 saturated carbocycles. The van der Waals surface area contributed by atoms with E-state index in [1.165, 1.54) is 47.9 Å². The summed E-state index contributed by atoms with van der Waals surface area (Å²) in [7, 11) is -3.73. The lowest BCUT2D eigenvalue weighted by Crippen LogP contribution is -2.06. The van der Waals surface area contributed by atoms with Crippen molar-refractivity contribution in [1.29, 1.82) is 0 Å². The van der Waals surface area contributed by atoms with Gasteiger partial charge < -0.3 is 9.05 Å². The van der Waals surface area contributed by atoms with Crippen LogP contribution in [0.3, 0.4) is 0 Å². The highest BCUT2D eigenvalue weighted by atomic mass is 127.